The van der Waals surface area contributed by atoms with Gasteiger partial charge in [-0.05, 0) is 17.7 Å². The van der Waals surface area contributed by atoms with E-state index in [-0.39, 0.29) is 0 Å². The van der Waals surface area contributed by atoms with Crippen molar-refractivity contribution in [2.45, 2.75) is 26.4 Å². The quantitative estimate of drug-likeness (QED) is 0.891. The molecule has 2 aromatic rings. The number of benzene rings is 1. The lowest BCUT2D eigenvalue weighted by atomic mass is 10.0. The third kappa shape index (κ3) is 3.55. The molecule has 2 rings (SSSR count). The number of methoxy groups -OCH3 is 1. The second kappa shape index (κ2) is 6.34. The van der Waals surface area contributed by atoms with Crippen LogP contribution >= 0.6 is 0 Å². The normalized spacial score (nSPS) is 10.7. The summed E-state index contributed by atoms with van der Waals surface area (Å²) in [5, 5.41) is 3.40. The van der Waals surface area contributed by atoms with Crippen LogP contribution in [0.5, 0.6) is 5.75 Å². The minimum absolute atomic E-state index is 0.468. The Bertz CT molecular complexity index is 538. The van der Waals surface area contributed by atoms with Gasteiger partial charge < -0.3 is 10.1 Å². The Hall–Kier alpha value is -1.87. The van der Waals surface area contributed by atoms with Crippen molar-refractivity contribution in [2.75, 3.05) is 7.11 Å². The Kier molecular flexibility index (Phi) is 4.53. The Balaban J connectivity index is 2.27. The molecule has 3 heteroatoms. The van der Waals surface area contributed by atoms with Crippen LogP contribution in [-0.2, 0) is 6.54 Å². The fourth-order valence-corrected chi connectivity index (χ4v) is 1.94. The molecule has 0 bridgehead atoms. The molecular weight excluding hydrogens is 236 g/mol. The number of para-hydroxylation sites is 1. The highest BCUT2D eigenvalue weighted by Crippen LogP contribution is 2.29. The first-order chi connectivity index (χ1) is 9.20. The molecule has 0 unspecified atom stereocenters. The molecule has 0 amide bonds. The lowest BCUT2D eigenvalue weighted by Gasteiger charge is -2.11. The molecule has 19 heavy (non-hydrogen) atoms. The van der Waals surface area contributed by atoms with Crippen LogP contribution in [0.4, 0.5) is 0 Å². The predicted octanol–water partition coefficient (Wildman–Crippen LogP) is 3.26. The SMILES string of the molecule is COc1ccccc1-c1cncc(CNC(C)C)c1. The summed E-state index contributed by atoms with van der Waals surface area (Å²) in [6.45, 7) is 5.10. The number of ether oxygens (including phenoxy) is 1. The van der Waals surface area contributed by atoms with E-state index in [9.17, 15) is 0 Å². The van der Waals surface area contributed by atoms with Crippen LogP contribution in [0.15, 0.2) is 42.7 Å². The standard InChI is InChI=1S/C16H20N2O/c1-12(2)18-10-13-8-14(11-17-9-13)15-6-4-5-7-16(15)19-3/h4-9,11-12,18H,10H2,1-3H3. The van der Waals surface area contributed by atoms with Crippen LogP contribution < -0.4 is 10.1 Å². The summed E-state index contributed by atoms with van der Waals surface area (Å²) in [5.74, 6) is 0.873. The Morgan fingerprint density at radius 3 is 2.74 bits per heavy atom. The molecule has 0 radical (unpaired) electrons. The van der Waals surface area contributed by atoms with Gasteiger partial charge in [-0.15, -0.1) is 0 Å². The van der Waals surface area contributed by atoms with Gasteiger partial charge in [0.15, 0.2) is 0 Å². The van der Waals surface area contributed by atoms with Gasteiger partial charge in [0.05, 0.1) is 7.11 Å². The first-order valence-electron chi connectivity index (χ1n) is 6.51. The van der Waals surface area contributed by atoms with Gasteiger partial charge in [-0.2, -0.15) is 0 Å². The predicted molar refractivity (Wildman–Crippen MR) is 78.2 cm³/mol. The van der Waals surface area contributed by atoms with Gasteiger partial charge in [0.2, 0.25) is 0 Å². The second-order valence-electron chi connectivity index (χ2n) is 4.82. The van der Waals surface area contributed by atoms with E-state index in [2.05, 4.69) is 36.3 Å². The number of rotatable bonds is 5. The van der Waals surface area contributed by atoms with E-state index in [1.165, 1.54) is 5.56 Å². The minimum Gasteiger partial charge on any atom is -0.496 e. The van der Waals surface area contributed by atoms with Crippen molar-refractivity contribution in [3.05, 3.63) is 48.3 Å². The summed E-state index contributed by atoms with van der Waals surface area (Å²) in [7, 11) is 1.69. The van der Waals surface area contributed by atoms with Crippen molar-refractivity contribution in [1.29, 1.82) is 0 Å². The van der Waals surface area contributed by atoms with Crippen molar-refractivity contribution in [3.8, 4) is 16.9 Å². The van der Waals surface area contributed by atoms with Crippen LogP contribution in [0, 0.1) is 0 Å². The average molecular weight is 256 g/mol. The number of nitrogens with one attached hydrogen (secondary N) is 1. The summed E-state index contributed by atoms with van der Waals surface area (Å²) in [4.78, 5) is 4.32. The summed E-state index contributed by atoms with van der Waals surface area (Å²) < 4.78 is 5.39. The topological polar surface area (TPSA) is 34.1 Å². The van der Waals surface area contributed by atoms with Gasteiger partial charge in [0.25, 0.3) is 0 Å². The zero-order valence-corrected chi connectivity index (χ0v) is 11.7. The lowest BCUT2D eigenvalue weighted by molar-refractivity contribution is 0.416. The van der Waals surface area contributed by atoms with Crippen molar-refractivity contribution in [3.63, 3.8) is 0 Å². The summed E-state index contributed by atoms with van der Waals surface area (Å²) >= 11 is 0. The molecule has 0 atom stereocenters. The van der Waals surface area contributed by atoms with Gasteiger partial charge in [-0.1, -0.05) is 32.0 Å². The molecule has 0 aliphatic carbocycles. The fourth-order valence-electron chi connectivity index (χ4n) is 1.94. The molecule has 3 nitrogen and oxygen atoms in total. The van der Waals surface area contributed by atoms with E-state index in [1.807, 2.05) is 30.6 Å². The first kappa shape index (κ1) is 13.6. The largest absolute Gasteiger partial charge is 0.496 e. The van der Waals surface area contributed by atoms with E-state index >= 15 is 0 Å². The summed E-state index contributed by atoms with van der Waals surface area (Å²) in [6.07, 6.45) is 3.77. The van der Waals surface area contributed by atoms with E-state index in [0.717, 1.165) is 23.4 Å². The van der Waals surface area contributed by atoms with Gasteiger partial charge in [0, 0.05) is 36.1 Å². The third-order valence-electron chi connectivity index (χ3n) is 2.93. The minimum atomic E-state index is 0.468. The van der Waals surface area contributed by atoms with Crippen molar-refractivity contribution >= 4 is 0 Å². The van der Waals surface area contributed by atoms with Crippen molar-refractivity contribution < 1.29 is 4.74 Å². The molecule has 0 saturated heterocycles. The van der Waals surface area contributed by atoms with Crippen LogP contribution in [0.1, 0.15) is 19.4 Å². The molecule has 0 aliphatic heterocycles. The molecule has 1 N–H and O–H groups in total. The zero-order chi connectivity index (χ0) is 13.7. The third-order valence-corrected chi connectivity index (χ3v) is 2.93. The molecule has 0 aliphatic rings. The van der Waals surface area contributed by atoms with Crippen LogP contribution in [0.25, 0.3) is 11.1 Å². The fraction of sp³-hybridized carbons (Fsp3) is 0.312. The summed E-state index contributed by atoms with van der Waals surface area (Å²) in [6, 6.07) is 10.6. The molecular formula is C16H20N2O. The van der Waals surface area contributed by atoms with Crippen LogP contribution in [0.2, 0.25) is 0 Å². The first-order valence-corrected chi connectivity index (χ1v) is 6.51. The molecule has 0 spiro atoms. The van der Waals surface area contributed by atoms with Crippen LogP contribution in [0.3, 0.4) is 0 Å². The van der Waals surface area contributed by atoms with E-state index in [1.54, 1.807) is 7.11 Å². The van der Waals surface area contributed by atoms with Gasteiger partial charge in [-0.25, -0.2) is 0 Å². The molecule has 1 aromatic heterocycles. The van der Waals surface area contributed by atoms with E-state index < -0.39 is 0 Å². The zero-order valence-electron chi connectivity index (χ0n) is 11.7. The number of hydrogen-bond donors (Lipinski definition) is 1. The highest BCUT2D eigenvalue weighted by molar-refractivity contribution is 5.70. The lowest BCUT2D eigenvalue weighted by Crippen LogP contribution is -2.21. The highest BCUT2D eigenvalue weighted by Gasteiger charge is 2.06. The van der Waals surface area contributed by atoms with Crippen molar-refractivity contribution in [1.82, 2.24) is 10.3 Å². The second-order valence-corrected chi connectivity index (χ2v) is 4.82. The van der Waals surface area contributed by atoms with Gasteiger partial charge in [-0.3, -0.25) is 4.98 Å². The molecule has 1 aromatic carbocycles. The monoisotopic (exact) mass is 256 g/mol. The maximum Gasteiger partial charge on any atom is 0.126 e. The number of aromatic nitrogens is 1. The average Bonchev–Trinajstić information content (AvgIpc) is 2.45. The van der Waals surface area contributed by atoms with Gasteiger partial charge in [0.1, 0.15) is 5.75 Å². The maximum atomic E-state index is 5.39. The van der Waals surface area contributed by atoms with E-state index in [4.69, 9.17) is 4.74 Å². The van der Waals surface area contributed by atoms with Gasteiger partial charge >= 0.3 is 0 Å². The van der Waals surface area contributed by atoms with Crippen molar-refractivity contribution in [2.24, 2.45) is 0 Å². The Morgan fingerprint density at radius 1 is 1.21 bits per heavy atom. The number of nitrogens with zero attached hydrogens (tertiary/aromatic N) is 1. The number of pyridine rings is 1. The molecule has 0 saturated carbocycles. The number of hydrogen-bond acceptors (Lipinski definition) is 3. The molecule has 0 fully saturated rings. The smallest absolute Gasteiger partial charge is 0.126 e. The van der Waals surface area contributed by atoms with Crippen LogP contribution in [-0.4, -0.2) is 18.1 Å². The molecule has 100 valence electrons. The molecule has 1 heterocycles. The Morgan fingerprint density at radius 2 is 2.00 bits per heavy atom. The highest BCUT2D eigenvalue weighted by atomic mass is 16.5. The van der Waals surface area contributed by atoms with E-state index in [0.29, 0.717) is 6.04 Å². The Labute approximate surface area is 114 Å². The maximum absolute atomic E-state index is 5.39. The summed E-state index contributed by atoms with van der Waals surface area (Å²) in [5.41, 5.74) is 3.33.